The summed E-state index contributed by atoms with van der Waals surface area (Å²) in [5.41, 5.74) is 1.28. The van der Waals surface area contributed by atoms with E-state index in [1.807, 2.05) is 19.9 Å². The molecule has 1 aromatic heterocycles. The molecule has 9 heteroatoms. The number of nitrogens with zero attached hydrogens (tertiary/aromatic N) is 1. The van der Waals surface area contributed by atoms with E-state index >= 15 is 0 Å². The molecule has 1 heterocycles. The Morgan fingerprint density at radius 3 is 2.63 bits per heavy atom. The van der Waals surface area contributed by atoms with Crippen molar-refractivity contribution < 1.29 is 27.6 Å². The van der Waals surface area contributed by atoms with Crippen LogP contribution in [0.4, 0.5) is 0 Å². The van der Waals surface area contributed by atoms with Crippen molar-refractivity contribution in [3.8, 4) is 23.0 Å². The lowest BCUT2D eigenvalue weighted by Gasteiger charge is -2.08. The minimum absolute atomic E-state index is 0.0803. The van der Waals surface area contributed by atoms with Gasteiger partial charge in [0.1, 0.15) is 11.5 Å². The molecule has 1 N–H and O–H groups in total. The van der Waals surface area contributed by atoms with Gasteiger partial charge in [0.25, 0.3) is 0 Å². The molecule has 0 aliphatic rings. The number of carbonyl (C=O) groups is 1. The predicted octanol–water partition coefficient (Wildman–Crippen LogP) is 2.85. The van der Waals surface area contributed by atoms with Crippen LogP contribution in [0.3, 0.4) is 0 Å². The van der Waals surface area contributed by atoms with Gasteiger partial charge < -0.3 is 23.9 Å². The van der Waals surface area contributed by atoms with E-state index in [4.69, 9.17) is 18.6 Å². The Morgan fingerprint density at radius 2 is 1.97 bits per heavy atom. The number of hydrogen-bond donors (Lipinski definition) is 1. The van der Waals surface area contributed by atoms with E-state index in [1.54, 1.807) is 33.3 Å². The summed E-state index contributed by atoms with van der Waals surface area (Å²) >= 11 is 0. The molecular formula is C21H30N2O6S. The van der Waals surface area contributed by atoms with Crippen LogP contribution in [-0.4, -0.2) is 54.3 Å². The van der Waals surface area contributed by atoms with Crippen molar-refractivity contribution in [1.29, 1.82) is 0 Å². The van der Waals surface area contributed by atoms with Crippen molar-refractivity contribution in [1.82, 2.24) is 10.3 Å². The van der Waals surface area contributed by atoms with E-state index in [2.05, 4.69) is 10.3 Å². The zero-order valence-electron chi connectivity index (χ0n) is 18.1. The van der Waals surface area contributed by atoms with Gasteiger partial charge in [-0.05, 0) is 45.4 Å². The number of benzene rings is 1. The Balaban J connectivity index is 1.91. The first-order valence-electron chi connectivity index (χ1n) is 9.76. The largest absolute Gasteiger partial charge is 0.493 e. The summed E-state index contributed by atoms with van der Waals surface area (Å²) in [5, 5.41) is 2.76. The topological polar surface area (TPSA) is 99.9 Å². The van der Waals surface area contributed by atoms with Crippen LogP contribution in [0, 0.1) is 6.92 Å². The third-order valence-corrected chi connectivity index (χ3v) is 5.39. The maximum Gasteiger partial charge on any atom is 0.232 e. The lowest BCUT2D eigenvalue weighted by molar-refractivity contribution is -0.118. The summed E-state index contributed by atoms with van der Waals surface area (Å²) in [6, 6.07) is 5.34. The number of methoxy groups -OCH3 is 2. The summed E-state index contributed by atoms with van der Waals surface area (Å²) in [4.78, 5) is 16.4. The highest BCUT2D eigenvalue weighted by atomic mass is 32.2. The number of nitrogens with one attached hydrogen (secondary N) is 1. The van der Waals surface area contributed by atoms with Crippen LogP contribution in [0.15, 0.2) is 22.6 Å². The van der Waals surface area contributed by atoms with Crippen LogP contribution in [0.2, 0.25) is 0 Å². The van der Waals surface area contributed by atoms with Crippen molar-refractivity contribution in [2.75, 3.05) is 33.1 Å². The lowest BCUT2D eigenvalue weighted by atomic mass is 10.2. The van der Waals surface area contributed by atoms with Crippen molar-refractivity contribution >= 4 is 16.7 Å². The highest BCUT2D eigenvalue weighted by Crippen LogP contribution is 2.32. The molecule has 1 atom stereocenters. The smallest absolute Gasteiger partial charge is 0.232 e. The summed E-state index contributed by atoms with van der Waals surface area (Å²) in [6.07, 6.45) is 0.885. The maximum absolute atomic E-state index is 12.4. The molecule has 0 unspecified atom stereocenters. The molecule has 0 saturated carbocycles. The fourth-order valence-corrected chi connectivity index (χ4v) is 3.74. The quantitative estimate of drug-likeness (QED) is 0.509. The zero-order chi connectivity index (χ0) is 22.1. The molecule has 0 saturated heterocycles. The average molecular weight is 439 g/mol. The van der Waals surface area contributed by atoms with Gasteiger partial charge in [-0.25, -0.2) is 4.98 Å². The fourth-order valence-electron chi connectivity index (χ4n) is 2.67. The van der Waals surface area contributed by atoms with Gasteiger partial charge in [0.15, 0.2) is 11.5 Å². The van der Waals surface area contributed by atoms with Gasteiger partial charge in [-0.2, -0.15) is 0 Å². The molecule has 8 nitrogen and oxygen atoms in total. The monoisotopic (exact) mass is 438 g/mol. The van der Waals surface area contributed by atoms with Crippen LogP contribution in [-0.2, 0) is 26.1 Å². The maximum atomic E-state index is 12.4. The minimum Gasteiger partial charge on any atom is -0.493 e. The Bertz CT molecular complexity index is 865. The van der Waals surface area contributed by atoms with E-state index in [0.717, 1.165) is 0 Å². The molecule has 0 bridgehead atoms. The van der Waals surface area contributed by atoms with Crippen molar-refractivity contribution in [2.45, 2.75) is 39.0 Å². The number of rotatable bonds is 12. The Morgan fingerprint density at radius 1 is 1.23 bits per heavy atom. The number of hydrogen-bond acceptors (Lipinski definition) is 7. The fraction of sp³-hybridized carbons (Fsp3) is 0.524. The molecule has 30 heavy (non-hydrogen) atoms. The van der Waals surface area contributed by atoms with Crippen LogP contribution in [0.25, 0.3) is 11.5 Å². The first-order chi connectivity index (χ1) is 14.3. The van der Waals surface area contributed by atoms with Gasteiger partial charge in [0.2, 0.25) is 11.8 Å². The van der Waals surface area contributed by atoms with E-state index in [1.165, 1.54) is 0 Å². The third kappa shape index (κ3) is 7.14. The molecule has 1 amide bonds. The second-order valence-electron chi connectivity index (χ2n) is 6.94. The molecule has 1 aromatic carbocycles. The van der Waals surface area contributed by atoms with E-state index < -0.39 is 10.8 Å². The van der Waals surface area contributed by atoms with Crippen molar-refractivity contribution in [3.63, 3.8) is 0 Å². The van der Waals surface area contributed by atoms with Crippen LogP contribution in [0.1, 0.15) is 31.7 Å². The molecule has 0 radical (unpaired) electrons. The molecule has 166 valence electrons. The highest BCUT2D eigenvalue weighted by molar-refractivity contribution is 7.84. The molecular weight excluding hydrogens is 408 g/mol. The van der Waals surface area contributed by atoms with Gasteiger partial charge >= 0.3 is 0 Å². The van der Waals surface area contributed by atoms with Gasteiger partial charge in [0.05, 0.1) is 31.8 Å². The molecule has 0 fully saturated rings. The third-order valence-electron chi connectivity index (χ3n) is 4.21. The molecule has 2 aromatic rings. The zero-order valence-corrected chi connectivity index (χ0v) is 19.0. The number of carbonyl (C=O) groups excluding carboxylic acids is 1. The van der Waals surface area contributed by atoms with Gasteiger partial charge in [-0.15, -0.1) is 0 Å². The second kappa shape index (κ2) is 11.7. The second-order valence-corrected chi connectivity index (χ2v) is 8.40. The highest BCUT2D eigenvalue weighted by Gasteiger charge is 2.17. The van der Waals surface area contributed by atoms with Gasteiger partial charge in [0, 0.05) is 29.5 Å². The summed E-state index contributed by atoms with van der Waals surface area (Å²) < 4.78 is 34.1. The first-order valence-corrected chi connectivity index (χ1v) is 11.2. The van der Waals surface area contributed by atoms with Crippen molar-refractivity contribution in [2.24, 2.45) is 0 Å². The Hall–Kier alpha value is -2.39. The first kappa shape index (κ1) is 23.9. The SMILES string of the molecule is COc1ccc(-c2nc(C[S@](=O)CC(=O)NCCCOC(C)C)c(C)o2)cc1OC. The summed E-state index contributed by atoms with van der Waals surface area (Å²) in [7, 11) is 1.73. The van der Waals surface area contributed by atoms with Crippen LogP contribution < -0.4 is 14.8 Å². The number of amides is 1. The molecule has 0 spiro atoms. The number of aryl methyl sites for hydroxylation is 1. The number of ether oxygens (including phenoxy) is 3. The summed E-state index contributed by atoms with van der Waals surface area (Å²) in [5.74, 6) is 1.95. The molecule has 0 aliphatic heterocycles. The van der Waals surface area contributed by atoms with E-state index in [0.29, 0.717) is 54.0 Å². The van der Waals surface area contributed by atoms with Gasteiger partial charge in [-0.1, -0.05) is 0 Å². The van der Waals surface area contributed by atoms with E-state index in [-0.39, 0.29) is 23.5 Å². The average Bonchev–Trinajstić information content (AvgIpc) is 3.06. The number of aromatic nitrogens is 1. The lowest BCUT2D eigenvalue weighted by Crippen LogP contribution is -2.30. The normalized spacial score (nSPS) is 12.1. The Labute approximate surface area is 179 Å². The van der Waals surface area contributed by atoms with Crippen molar-refractivity contribution in [3.05, 3.63) is 29.7 Å². The van der Waals surface area contributed by atoms with E-state index in [9.17, 15) is 9.00 Å². The summed E-state index contributed by atoms with van der Waals surface area (Å²) in [6.45, 7) is 6.76. The predicted molar refractivity (Wildman–Crippen MR) is 115 cm³/mol. The standard InChI is InChI=1S/C21H30N2O6S/c1-14(2)28-10-6-9-22-20(24)13-30(25)12-17-15(3)29-21(23-17)16-7-8-18(26-4)19(11-16)27-5/h7-8,11,14H,6,9-10,12-13H2,1-5H3,(H,22,24)/t30-/m0/s1. The van der Waals surface area contributed by atoms with Crippen LogP contribution >= 0.6 is 0 Å². The Kier molecular flexibility index (Phi) is 9.32. The minimum atomic E-state index is -1.39. The van der Waals surface area contributed by atoms with Gasteiger partial charge in [-0.3, -0.25) is 9.00 Å². The van der Waals surface area contributed by atoms with Crippen LogP contribution in [0.5, 0.6) is 11.5 Å². The molecule has 2 rings (SSSR count). The molecule has 0 aliphatic carbocycles. The number of oxazole rings is 1.